The Morgan fingerprint density at radius 1 is 0.931 bits per heavy atom. The van der Waals surface area contributed by atoms with Crippen LogP contribution >= 0.6 is 0 Å². The fraction of sp³-hybridized carbons (Fsp3) is 0.292. The molecule has 0 aromatic heterocycles. The molecule has 0 radical (unpaired) electrons. The van der Waals surface area contributed by atoms with E-state index in [0.717, 1.165) is 5.56 Å². The van der Waals surface area contributed by atoms with Gasteiger partial charge >= 0.3 is 0 Å². The van der Waals surface area contributed by atoms with Crippen molar-refractivity contribution in [1.82, 2.24) is 0 Å². The van der Waals surface area contributed by atoms with Crippen LogP contribution in [0, 0.1) is 18.8 Å². The molecule has 0 N–H and O–H groups in total. The van der Waals surface area contributed by atoms with Gasteiger partial charge in [0.15, 0.2) is 6.10 Å². The molecule has 0 saturated carbocycles. The van der Waals surface area contributed by atoms with E-state index in [1.54, 1.807) is 43.3 Å². The molecule has 2 amide bonds. The lowest BCUT2D eigenvalue weighted by atomic mass is 9.85. The minimum absolute atomic E-state index is 0.101. The zero-order chi connectivity index (χ0) is 20.5. The largest absolute Gasteiger partial charge is 0.483 e. The maximum absolute atomic E-state index is 12.7. The molecule has 1 aliphatic carbocycles. The van der Waals surface area contributed by atoms with Crippen LogP contribution in [0.4, 0.5) is 5.69 Å². The second-order valence-corrected chi connectivity index (χ2v) is 7.65. The Bertz CT molecular complexity index is 949. The molecule has 4 rings (SSSR count). The number of Topliss-reactive ketones (excluding diaryl/α,β-unsaturated/α-hetero) is 1. The van der Waals surface area contributed by atoms with Crippen molar-refractivity contribution in [2.24, 2.45) is 11.8 Å². The van der Waals surface area contributed by atoms with Crippen molar-refractivity contribution in [3.8, 4) is 5.75 Å². The van der Waals surface area contributed by atoms with Crippen LogP contribution in [0.2, 0.25) is 0 Å². The lowest BCUT2D eigenvalue weighted by Gasteiger charge is -2.17. The Hall–Kier alpha value is -3.21. The van der Waals surface area contributed by atoms with Gasteiger partial charge in [0.25, 0.3) is 0 Å². The van der Waals surface area contributed by atoms with E-state index in [9.17, 15) is 14.4 Å². The summed E-state index contributed by atoms with van der Waals surface area (Å²) in [7, 11) is 0. The molecule has 0 spiro atoms. The van der Waals surface area contributed by atoms with Gasteiger partial charge in [-0.15, -0.1) is 0 Å². The number of carbonyl (C=O) groups excluding carboxylic acids is 3. The summed E-state index contributed by atoms with van der Waals surface area (Å²) in [6.45, 7) is 3.68. The molecule has 1 saturated heterocycles. The minimum atomic E-state index is -0.646. The van der Waals surface area contributed by atoms with Crippen molar-refractivity contribution < 1.29 is 19.1 Å². The predicted molar refractivity (Wildman–Crippen MR) is 110 cm³/mol. The summed E-state index contributed by atoms with van der Waals surface area (Å²) in [5.41, 5.74) is 2.23. The molecule has 3 atom stereocenters. The summed E-state index contributed by atoms with van der Waals surface area (Å²) >= 11 is 0. The highest BCUT2D eigenvalue weighted by Gasteiger charge is 2.47. The quantitative estimate of drug-likeness (QED) is 0.439. The van der Waals surface area contributed by atoms with Crippen LogP contribution in [-0.2, 0) is 9.59 Å². The van der Waals surface area contributed by atoms with E-state index in [4.69, 9.17) is 4.74 Å². The number of amides is 2. The van der Waals surface area contributed by atoms with Gasteiger partial charge in [-0.25, -0.2) is 0 Å². The van der Waals surface area contributed by atoms with Gasteiger partial charge in [-0.3, -0.25) is 19.3 Å². The summed E-state index contributed by atoms with van der Waals surface area (Å²) in [6, 6.07) is 14.1. The van der Waals surface area contributed by atoms with Crippen molar-refractivity contribution in [2.45, 2.75) is 32.8 Å². The molecule has 5 nitrogen and oxygen atoms in total. The number of carbonyl (C=O) groups is 3. The van der Waals surface area contributed by atoms with Gasteiger partial charge in [0.2, 0.25) is 17.6 Å². The standard InChI is InChI=1S/C24H23NO4/c1-15-7-9-17(10-8-15)22(26)16(2)29-19-13-11-18(12-14-19)25-23(27)20-5-3-4-6-21(20)24(25)28/h3-4,7-14,16,20-21H,5-6H2,1-2H3/t16-,20-,21-/m0/s1. The fourth-order valence-corrected chi connectivity index (χ4v) is 3.94. The molecular weight excluding hydrogens is 366 g/mol. The number of hydrogen-bond donors (Lipinski definition) is 0. The highest BCUT2D eigenvalue weighted by molar-refractivity contribution is 6.22. The highest BCUT2D eigenvalue weighted by Crippen LogP contribution is 2.38. The lowest BCUT2D eigenvalue weighted by molar-refractivity contribution is -0.122. The van der Waals surface area contributed by atoms with Crippen LogP contribution in [0.25, 0.3) is 0 Å². The number of ketones is 1. The Balaban J connectivity index is 1.45. The summed E-state index contributed by atoms with van der Waals surface area (Å²) in [6.07, 6.45) is 4.53. The number of fused-ring (bicyclic) bond motifs is 1. The summed E-state index contributed by atoms with van der Waals surface area (Å²) in [5.74, 6) is -0.372. The van der Waals surface area contributed by atoms with Crippen LogP contribution in [0.5, 0.6) is 5.75 Å². The SMILES string of the molecule is Cc1ccc(C(=O)[C@H](C)Oc2ccc(N3C(=O)[C@H]4CC=CC[C@@H]4C3=O)cc2)cc1. The van der Waals surface area contributed by atoms with Gasteiger partial charge < -0.3 is 4.74 Å². The van der Waals surface area contributed by atoms with Crippen molar-refractivity contribution >= 4 is 23.3 Å². The van der Waals surface area contributed by atoms with Crippen molar-refractivity contribution in [1.29, 1.82) is 0 Å². The average molecular weight is 389 g/mol. The van der Waals surface area contributed by atoms with Gasteiger partial charge in [-0.05, 0) is 51.0 Å². The molecule has 29 heavy (non-hydrogen) atoms. The second-order valence-electron chi connectivity index (χ2n) is 7.65. The molecule has 2 aromatic rings. The first kappa shape index (κ1) is 19.1. The van der Waals surface area contributed by atoms with Crippen molar-refractivity contribution in [3.05, 3.63) is 71.8 Å². The number of aryl methyl sites for hydroxylation is 1. The average Bonchev–Trinajstić information content (AvgIpc) is 2.99. The molecular formula is C24H23NO4. The Kier molecular flexibility index (Phi) is 5.05. The molecule has 1 aliphatic heterocycles. The topological polar surface area (TPSA) is 63.7 Å². The summed E-state index contributed by atoms with van der Waals surface area (Å²) < 4.78 is 5.78. The van der Waals surface area contributed by atoms with E-state index in [0.29, 0.717) is 29.8 Å². The molecule has 2 aromatic carbocycles. The van der Waals surface area contributed by atoms with Crippen molar-refractivity contribution in [3.63, 3.8) is 0 Å². The van der Waals surface area contributed by atoms with Crippen LogP contribution in [0.3, 0.4) is 0 Å². The first-order valence-electron chi connectivity index (χ1n) is 9.86. The Morgan fingerprint density at radius 3 is 2.03 bits per heavy atom. The van der Waals surface area contributed by atoms with E-state index in [1.165, 1.54) is 4.90 Å². The molecule has 1 heterocycles. The van der Waals surface area contributed by atoms with Crippen molar-refractivity contribution in [2.75, 3.05) is 4.90 Å². The maximum Gasteiger partial charge on any atom is 0.238 e. The van der Waals surface area contributed by atoms with Gasteiger partial charge in [0.1, 0.15) is 5.75 Å². The van der Waals surface area contributed by atoms with E-state index in [1.807, 2.05) is 31.2 Å². The lowest BCUT2D eigenvalue weighted by Crippen LogP contribution is -2.30. The molecule has 5 heteroatoms. The molecule has 1 fully saturated rings. The Labute approximate surface area is 170 Å². The van der Waals surface area contributed by atoms with Crippen LogP contribution in [-0.4, -0.2) is 23.7 Å². The molecule has 0 unspecified atom stereocenters. The van der Waals surface area contributed by atoms with Crippen LogP contribution in [0.1, 0.15) is 35.7 Å². The first-order valence-corrected chi connectivity index (χ1v) is 9.86. The van der Waals surface area contributed by atoms with E-state index in [-0.39, 0.29) is 29.4 Å². The Morgan fingerprint density at radius 2 is 1.48 bits per heavy atom. The minimum Gasteiger partial charge on any atom is -0.483 e. The number of rotatable bonds is 5. The number of benzene rings is 2. The van der Waals surface area contributed by atoms with Crippen LogP contribution < -0.4 is 9.64 Å². The van der Waals surface area contributed by atoms with E-state index >= 15 is 0 Å². The number of imide groups is 1. The zero-order valence-electron chi connectivity index (χ0n) is 16.5. The van der Waals surface area contributed by atoms with Gasteiger partial charge in [0, 0.05) is 5.56 Å². The zero-order valence-corrected chi connectivity index (χ0v) is 16.5. The van der Waals surface area contributed by atoms with Crippen LogP contribution in [0.15, 0.2) is 60.7 Å². The van der Waals surface area contributed by atoms with Gasteiger partial charge in [-0.2, -0.15) is 0 Å². The smallest absolute Gasteiger partial charge is 0.238 e. The summed E-state index contributed by atoms with van der Waals surface area (Å²) in [4.78, 5) is 39.2. The number of anilines is 1. The van der Waals surface area contributed by atoms with Gasteiger partial charge in [-0.1, -0.05) is 42.0 Å². The normalized spacial score (nSPS) is 21.8. The first-order chi connectivity index (χ1) is 14.0. The highest BCUT2D eigenvalue weighted by atomic mass is 16.5. The molecule has 0 bridgehead atoms. The van der Waals surface area contributed by atoms with Gasteiger partial charge in [0.05, 0.1) is 17.5 Å². The number of allylic oxidation sites excluding steroid dienone is 2. The number of hydrogen-bond acceptors (Lipinski definition) is 4. The van der Waals surface area contributed by atoms with E-state index in [2.05, 4.69) is 0 Å². The maximum atomic E-state index is 12.7. The van der Waals surface area contributed by atoms with E-state index < -0.39 is 6.10 Å². The number of nitrogens with zero attached hydrogens (tertiary/aromatic N) is 1. The monoisotopic (exact) mass is 389 g/mol. The number of ether oxygens (including phenoxy) is 1. The molecule has 148 valence electrons. The second kappa shape index (κ2) is 7.66. The predicted octanol–water partition coefficient (Wildman–Crippen LogP) is 4.10. The third-order valence-electron chi connectivity index (χ3n) is 5.62. The third kappa shape index (κ3) is 3.60. The summed E-state index contributed by atoms with van der Waals surface area (Å²) in [5, 5.41) is 0. The third-order valence-corrected chi connectivity index (χ3v) is 5.62. The fourth-order valence-electron chi connectivity index (χ4n) is 3.94. The molecule has 2 aliphatic rings.